The van der Waals surface area contributed by atoms with E-state index in [1.54, 1.807) is 24.0 Å². The van der Waals surface area contributed by atoms with Crippen LogP contribution in [-0.4, -0.2) is 72.5 Å². The summed E-state index contributed by atoms with van der Waals surface area (Å²) in [6.45, 7) is 6.71. The lowest BCUT2D eigenvalue weighted by Crippen LogP contribution is -2.55. The number of halogens is 1. The molecule has 200 valence electrons. The Bertz CT molecular complexity index is 1260. The molecule has 0 saturated carbocycles. The van der Waals surface area contributed by atoms with Crippen molar-refractivity contribution in [3.8, 4) is 11.6 Å². The number of ether oxygens (including phenoxy) is 2. The topological polar surface area (TPSA) is 84.0 Å². The number of likely N-dealkylation sites (N-methyl/N-ethyl adjacent to an activating group) is 1. The van der Waals surface area contributed by atoms with Crippen LogP contribution >= 0.6 is 0 Å². The van der Waals surface area contributed by atoms with Gasteiger partial charge in [-0.1, -0.05) is 29.8 Å². The molecule has 1 aliphatic rings. The molecule has 0 radical (unpaired) electrons. The van der Waals surface area contributed by atoms with Crippen molar-refractivity contribution >= 4 is 11.8 Å². The number of benzene rings is 2. The minimum absolute atomic E-state index is 0.0122. The van der Waals surface area contributed by atoms with Crippen molar-refractivity contribution in [3.63, 3.8) is 0 Å². The number of piperazine rings is 1. The van der Waals surface area contributed by atoms with Gasteiger partial charge >= 0.3 is 0 Å². The zero-order valence-electron chi connectivity index (χ0n) is 21.9. The van der Waals surface area contributed by atoms with Crippen LogP contribution in [0, 0.1) is 19.7 Å². The molecular weight excluding hydrogens is 487 g/mol. The normalized spacial score (nSPS) is 14.7. The van der Waals surface area contributed by atoms with E-state index in [4.69, 9.17) is 9.47 Å². The maximum atomic E-state index is 13.5. The number of rotatable bonds is 9. The molecule has 1 unspecified atom stereocenters. The van der Waals surface area contributed by atoms with Gasteiger partial charge in [0, 0.05) is 32.4 Å². The predicted molar refractivity (Wildman–Crippen MR) is 142 cm³/mol. The first-order valence-electron chi connectivity index (χ1n) is 12.6. The summed E-state index contributed by atoms with van der Waals surface area (Å²) in [5.74, 6) is -0.656. The Balaban J connectivity index is 1.49. The molecule has 2 amide bonds. The van der Waals surface area contributed by atoms with Gasteiger partial charge in [0.25, 0.3) is 5.91 Å². The molecule has 2 heterocycles. The van der Waals surface area contributed by atoms with Gasteiger partial charge in [0.15, 0.2) is 0 Å². The lowest BCUT2D eigenvalue weighted by atomic mass is 10.1. The lowest BCUT2D eigenvalue weighted by molar-refractivity contribution is -0.136. The van der Waals surface area contributed by atoms with Gasteiger partial charge in [0.2, 0.25) is 11.8 Å². The zero-order chi connectivity index (χ0) is 27.1. The van der Waals surface area contributed by atoms with Crippen LogP contribution in [-0.2, 0) is 16.1 Å². The summed E-state index contributed by atoms with van der Waals surface area (Å²) in [6, 6.07) is 14.3. The van der Waals surface area contributed by atoms with Crippen LogP contribution in [0.2, 0.25) is 0 Å². The maximum Gasteiger partial charge on any atom is 0.257 e. The highest BCUT2D eigenvalue weighted by Crippen LogP contribution is 2.26. The molecule has 9 heteroatoms. The number of aromatic nitrogens is 1. The van der Waals surface area contributed by atoms with Gasteiger partial charge in [-0.15, -0.1) is 0 Å². The lowest BCUT2D eigenvalue weighted by Gasteiger charge is -2.34. The van der Waals surface area contributed by atoms with Crippen molar-refractivity contribution in [2.45, 2.75) is 26.5 Å². The Morgan fingerprint density at radius 2 is 1.79 bits per heavy atom. The van der Waals surface area contributed by atoms with E-state index < -0.39 is 11.9 Å². The van der Waals surface area contributed by atoms with Crippen molar-refractivity contribution in [1.82, 2.24) is 20.1 Å². The Labute approximate surface area is 222 Å². The number of hydrogen-bond acceptors (Lipinski definition) is 6. The number of carbonyl (C=O) groups is 2. The van der Waals surface area contributed by atoms with Crippen molar-refractivity contribution in [2.24, 2.45) is 0 Å². The van der Waals surface area contributed by atoms with Gasteiger partial charge in [0.1, 0.15) is 23.2 Å². The highest BCUT2D eigenvalue weighted by molar-refractivity contribution is 5.99. The molecule has 38 heavy (non-hydrogen) atoms. The molecule has 0 spiro atoms. The van der Waals surface area contributed by atoms with Crippen LogP contribution in [0.15, 0.2) is 60.8 Å². The van der Waals surface area contributed by atoms with E-state index in [2.05, 4.69) is 15.2 Å². The Morgan fingerprint density at radius 3 is 2.50 bits per heavy atom. The van der Waals surface area contributed by atoms with Crippen LogP contribution in [0.4, 0.5) is 4.39 Å². The third kappa shape index (κ3) is 7.14. The Kier molecular flexibility index (Phi) is 9.04. The third-order valence-electron chi connectivity index (χ3n) is 6.45. The fraction of sp³-hybridized carbons (Fsp3) is 0.345. The van der Waals surface area contributed by atoms with Gasteiger partial charge < -0.3 is 24.6 Å². The first-order valence-corrected chi connectivity index (χ1v) is 12.6. The van der Waals surface area contributed by atoms with Crippen LogP contribution < -0.4 is 10.1 Å². The van der Waals surface area contributed by atoms with E-state index in [0.29, 0.717) is 31.0 Å². The molecule has 1 saturated heterocycles. The smallest absolute Gasteiger partial charge is 0.257 e. The van der Waals surface area contributed by atoms with E-state index in [1.165, 1.54) is 24.4 Å². The first kappa shape index (κ1) is 27.2. The zero-order valence-corrected chi connectivity index (χ0v) is 21.9. The van der Waals surface area contributed by atoms with Crippen molar-refractivity contribution in [3.05, 3.63) is 88.9 Å². The van der Waals surface area contributed by atoms with Gasteiger partial charge in [-0.25, -0.2) is 9.37 Å². The second-order valence-electron chi connectivity index (χ2n) is 9.52. The second-order valence-corrected chi connectivity index (χ2v) is 9.52. The van der Waals surface area contributed by atoms with Crippen LogP contribution in [0.5, 0.6) is 11.6 Å². The van der Waals surface area contributed by atoms with Crippen LogP contribution in [0.1, 0.15) is 27.0 Å². The number of nitrogens with one attached hydrogen (secondary N) is 1. The van der Waals surface area contributed by atoms with Crippen molar-refractivity contribution < 1.29 is 23.5 Å². The summed E-state index contributed by atoms with van der Waals surface area (Å²) < 4.78 is 25.3. The average Bonchev–Trinajstić information content (AvgIpc) is 2.91. The molecule has 2 aromatic carbocycles. The molecule has 3 aromatic rings. The fourth-order valence-corrected chi connectivity index (χ4v) is 4.11. The summed E-state index contributed by atoms with van der Waals surface area (Å²) in [5.41, 5.74) is 2.85. The largest absolute Gasteiger partial charge is 0.438 e. The molecule has 1 atom stereocenters. The minimum Gasteiger partial charge on any atom is -0.438 e. The average molecular weight is 521 g/mol. The van der Waals surface area contributed by atoms with Gasteiger partial charge in [-0.2, -0.15) is 0 Å². The Morgan fingerprint density at radius 1 is 1.05 bits per heavy atom. The van der Waals surface area contributed by atoms with Gasteiger partial charge in [-0.05, 0) is 62.4 Å². The third-order valence-corrected chi connectivity index (χ3v) is 6.45. The van der Waals surface area contributed by atoms with E-state index >= 15 is 0 Å². The molecule has 1 aliphatic heterocycles. The standard InChI is InChI=1S/C29H33FN4O4/c1-20-6-8-22(9-7-20)18-37-19-25(29(36)34-15-13-33(3)14-16-34)32-27(35)24-5-4-12-31-28(24)38-26-11-10-23(30)17-21(26)2/h4-12,17,25H,13-16,18-19H2,1-3H3,(H,32,35). The number of carbonyl (C=O) groups excluding carboxylic acids is 2. The molecule has 8 nitrogen and oxygen atoms in total. The van der Waals surface area contributed by atoms with E-state index in [-0.39, 0.29) is 29.8 Å². The first-order chi connectivity index (χ1) is 18.3. The molecular formula is C29H33FN4O4. The molecule has 0 bridgehead atoms. The molecule has 0 aliphatic carbocycles. The van der Waals surface area contributed by atoms with Crippen molar-refractivity contribution in [2.75, 3.05) is 39.8 Å². The number of pyridine rings is 1. The van der Waals surface area contributed by atoms with Crippen LogP contribution in [0.25, 0.3) is 0 Å². The molecule has 1 fully saturated rings. The summed E-state index contributed by atoms with van der Waals surface area (Å²) in [6.07, 6.45) is 1.50. The monoisotopic (exact) mass is 520 g/mol. The summed E-state index contributed by atoms with van der Waals surface area (Å²) in [4.78, 5) is 34.9. The van der Waals surface area contributed by atoms with E-state index in [1.807, 2.05) is 38.2 Å². The Hall–Kier alpha value is -3.82. The van der Waals surface area contributed by atoms with Crippen LogP contribution in [0.3, 0.4) is 0 Å². The highest BCUT2D eigenvalue weighted by Gasteiger charge is 2.29. The minimum atomic E-state index is -0.892. The molecule has 1 aromatic heterocycles. The maximum absolute atomic E-state index is 13.5. The summed E-state index contributed by atoms with van der Waals surface area (Å²) in [7, 11) is 2.01. The van der Waals surface area contributed by atoms with Gasteiger partial charge in [0.05, 0.1) is 13.2 Å². The highest BCUT2D eigenvalue weighted by atomic mass is 19.1. The quantitative estimate of drug-likeness (QED) is 0.463. The van der Waals surface area contributed by atoms with E-state index in [0.717, 1.165) is 24.2 Å². The summed E-state index contributed by atoms with van der Waals surface area (Å²) in [5, 5.41) is 2.84. The number of nitrogens with zero attached hydrogens (tertiary/aromatic N) is 3. The number of hydrogen-bond donors (Lipinski definition) is 1. The molecule has 4 rings (SSSR count). The summed E-state index contributed by atoms with van der Waals surface area (Å²) >= 11 is 0. The molecule has 1 N–H and O–H groups in total. The SMILES string of the molecule is Cc1ccc(COCC(NC(=O)c2cccnc2Oc2ccc(F)cc2C)C(=O)N2CCN(C)CC2)cc1. The number of aryl methyl sites for hydroxylation is 2. The van der Waals surface area contributed by atoms with Crippen molar-refractivity contribution in [1.29, 1.82) is 0 Å². The second kappa shape index (κ2) is 12.6. The fourth-order valence-electron chi connectivity index (χ4n) is 4.11. The number of amides is 2. The van der Waals surface area contributed by atoms with Gasteiger partial charge in [-0.3, -0.25) is 9.59 Å². The predicted octanol–water partition coefficient (Wildman–Crippen LogP) is 3.72. The van der Waals surface area contributed by atoms with E-state index in [9.17, 15) is 14.0 Å².